The Balaban J connectivity index is 1.80. The van der Waals surface area contributed by atoms with E-state index >= 15 is 0 Å². The van der Waals surface area contributed by atoms with Crippen LogP contribution in [0.4, 0.5) is 0 Å². The first-order chi connectivity index (χ1) is 8.83. The zero-order valence-corrected chi connectivity index (χ0v) is 9.78. The molecule has 0 aliphatic carbocycles. The van der Waals surface area contributed by atoms with E-state index in [9.17, 15) is 4.79 Å². The van der Waals surface area contributed by atoms with E-state index < -0.39 is 0 Å². The van der Waals surface area contributed by atoms with Crippen molar-refractivity contribution in [2.24, 2.45) is 0 Å². The van der Waals surface area contributed by atoms with Gasteiger partial charge in [0.1, 0.15) is 0 Å². The molecular formula is C14H13NO3. The second kappa shape index (κ2) is 4.66. The highest BCUT2D eigenvalue weighted by molar-refractivity contribution is 5.71. The fourth-order valence-electron chi connectivity index (χ4n) is 2.15. The van der Waals surface area contributed by atoms with Crippen LogP contribution in [0.1, 0.15) is 23.6 Å². The van der Waals surface area contributed by atoms with Crippen LogP contribution in [0.15, 0.2) is 53.3 Å². The Morgan fingerprint density at radius 2 is 2.06 bits per heavy atom. The van der Waals surface area contributed by atoms with Crippen molar-refractivity contribution in [2.75, 3.05) is 0 Å². The standard InChI is InChI=1S/C14H13NO3/c16-14-8-13(12-6-7-17-10-12)15(18-14)9-11-4-2-1-3-5-11/h1-7,10,13H,8-9H2. The summed E-state index contributed by atoms with van der Waals surface area (Å²) in [4.78, 5) is 16.7. The number of hydroxylamine groups is 2. The van der Waals surface area contributed by atoms with E-state index in [4.69, 9.17) is 9.25 Å². The molecule has 0 saturated carbocycles. The van der Waals surface area contributed by atoms with Crippen molar-refractivity contribution in [3.63, 3.8) is 0 Å². The van der Waals surface area contributed by atoms with Crippen molar-refractivity contribution in [1.82, 2.24) is 5.06 Å². The number of furan rings is 1. The molecule has 0 spiro atoms. The molecule has 1 aliphatic heterocycles. The molecule has 2 heterocycles. The van der Waals surface area contributed by atoms with E-state index in [0.29, 0.717) is 13.0 Å². The number of carbonyl (C=O) groups is 1. The molecule has 1 fully saturated rings. The number of nitrogens with zero attached hydrogens (tertiary/aromatic N) is 1. The number of rotatable bonds is 3. The number of hydrogen-bond acceptors (Lipinski definition) is 4. The van der Waals surface area contributed by atoms with Crippen LogP contribution < -0.4 is 0 Å². The summed E-state index contributed by atoms with van der Waals surface area (Å²) in [6.45, 7) is 0.586. The van der Waals surface area contributed by atoms with Gasteiger partial charge in [0.25, 0.3) is 0 Å². The molecule has 1 atom stereocenters. The van der Waals surface area contributed by atoms with Crippen molar-refractivity contribution in [3.05, 3.63) is 60.1 Å². The number of benzene rings is 1. The Labute approximate surface area is 105 Å². The molecule has 2 aromatic rings. The highest BCUT2D eigenvalue weighted by atomic mass is 16.7. The van der Waals surface area contributed by atoms with Gasteiger partial charge >= 0.3 is 5.97 Å². The maximum absolute atomic E-state index is 11.5. The summed E-state index contributed by atoms with van der Waals surface area (Å²) in [5.74, 6) is -0.197. The molecule has 92 valence electrons. The minimum atomic E-state index is -0.197. The minimum absolute atomic E-state index is 0.0588. The lowest BCUT2D eigenvalue weighted by atomic mass is 10.1. The van der Waals surface area contributed by atoms with Crippen molar-refractivity contribution >= 4 is 5.97 Å². The van der Waals surface area contributed by atoms with E-state index in [1.165, 1.54) is 0 Å². The van der Waals surface area contributed by atoms with Gasteiger partial charge in [-0.3, -0.25) is 4.79 Å². The molecule has 4 nitrogen and oxygen atoms in total. The second-order valence-corrected chi connectivity index (χ2v) is 4.30. The zero-order valence-electron chi connectivity index (χ0n) is 9.78. The molecule has 0 amide bonds. The molecule has 1 aromatic carbocycles. The van der Waals surface area contributed by atoms with Crippen molar-refractivity contribution in [1.29, 1.82) is 0 Å². The Hall–Kier alpha value is -2.07. The Morgan fingerprint density at radius 1 is 1.22 bits per heavy atom. The van der Waals surface area contributed by atoms with Crippen LogP contribution in [0.2, 0.25) is 0 Å². The fraction of sp³-hybridized carbons (Fsp3) is 0.214. The smallest absolute Gasteiger partial charge is 0.327 e. The van der Waals surface area contributed by atoms with E-state index in [1.54, 1.807) is 17.6 Å². The molecule has 4 heteroatoms. The van der Waals surface area contributed by atoms with Crippen molar-refractivity contribution < 1.29 is 14.0 Å². The summed E-state index contributed by atoms with van der Waals surface area (Å²) < 4.78 is 5.07. The number of hydrogen-bond donors (Lipinski definition) is 0. The molecule has 1 saturated heterocycles. The molecule has 1 aliphatic rings. The van der Waals surface area contributed by atoms with Crippen LogP contribution in [0, 0.1) is 0 Å². The first-order valence-corrected chi connectivity index (χ1v) is 5.86. The topological polar surface area (TPSA) is 42.7 Å². The molecule has 3 rings (SSSR count). The Kier molecular flexibility index (Phi) is 2.86. The minimum Gasteiger partial charge on any atom is -0.472 e. The quantitative estimate of drug-likeness (QED) is 0.831. The van der Waals surface area contributed by atoms with E-state index in [2.05, 4.69) is 0 Å². The highest BCUT2D eigenvalue weighted by Gasteiger charge is 2.34. The molecule has 0 bridgehead atoms. The third-order valence-electron chi connectivity index (χ3n) is 3.04. The summed E-state index contributed by atoms with van der Waals surface area (Å²) >= 11 is 0. The Bertz CT molecular complexity index is 521. The van der Waals surface area contributed by atoms with Crippen molar-refractivity contribution in [2.45, 2.75) is 19.0 Å². The Morgan fingerprint density at radius 3 is 2.78 bits per heavy atom. The van der Waals surface area contributed by atoms with E-state index in [0.717, 1.165) is 11.1 Å². The summed E-state index contributed by atoms with van der Waals surface area (Å²) in [5.41, 5.74) is 2.08. The molecule has 0 radical (unpaired) electrons. The predicted molar refractivity (Wildman–Crippen MR) is 64.1 cm³/mol. The molecule has 1 unspecified atom stereocenters. The first kappa shape index (κ1) is 11.0. The summed E-state index contributed by atoms with van der Waals surface area (Å²) in [7, 11) is 0. The van der Waals surface area contributed by atoms with Gasteiger partial charge in [-0.05, 0) is 11.6 Å². The SMILES string of the molecule is O=C1CC(c2ccoc2)N(Cc2ccccc2)O1. The van der Waals surface area contributed by atoms with Crippen LogP contribution >= 0.6 is 0 Å². The molecule has 18 heavy (non-hydrogen) atoms. The van der Waals surface area contributed by atoms with Gasteiger partial charge in [0.15, 0.2) is 0 Å². The fourth-order valence-corrected chi connectivity index (χ4v) is 2.15. The van der Waals surface area contributed by atoms with Crippen LogP contribution in [0.3, 0.4) is 0 Å². The van der Waals surface area contributed by atoms with Gasteiger partial charge in [0, 0.05) is 5.56 Å². The largest absolute Gasteiger partial charge is 0.472 e. The predicted octanol–water partition coefficient (Wildman–Crippen LogP) is 2.68. The third-order valence-corrected chi connectivity index (χ3v) is 3.04. The maximum Gasteiger partial charge on any atom is 0.327 e. The zero-order chi connectivity index (χ0) is 12.4. The van der Waals surface area contributed by atoms with Gasteiger partial charge in [-0.15, -0.1) is 5.06 Å². The van der Waals surface area contributed by atoms with Crippen molar-refractivity contribution in [3.8, 4) is 0 Å². The molecular weight excluding hydrogens is 230 g/mol. The first-order valence-electron chi connectivity index (χ1n) is 5.86. The summed E-state index contributed by atoms with van der Waals surface area (Å²) in [6.07, 6.45) is 3.63. The van der Waals surface area contributed by atoms with Gasteiger partial charge in [-0.2, -0.15) is 0 Å². The lowest BCUT2D eigenvalue weighted by Crippen LogP contribution is -2.21. The molecule has 1 aromatic heterocycles. The summed E-state index contributed by atoms with van der Waals surface area (Å²) in [5, 5.41) is 1.71. The normalized spacial score (nSPS) is 20.0. The van der Waals surface area contributed by atoms with Crippen LogP contribution in [-0.2, 0) is 16.2 Å². The lowest BCUT2D eigenvalue weighted by molar-refractivity contribution is -0.178. The van der Waals surface area contributed by atoms with Gasteiger partial charge < -0.3 is 9.25 Å². The molecule has 0 N–H and O–H groups in total. The van der Waals surface area contributed by atoms with E-state index in [1.807, 2.05) is 36.4 Å². The van der Waals surface area contributed by atoms with Crippen LogP contribution in [0.25, 0.3) is 0 Å². The van der Waals surface area contributed by atoms with Gasteiger partial charge in [0.05, 0.1) is 31.5 Å². The average molecular weight is 243 g/mol. The highest BCUT2D eigenvalue weighted by Crippen LogP contribution is 2.32. The van der Waals surface area contributed by atoms with Crippen LogP contribution in [0.5, 0.6) is 0 Å². The average Bonchev–Trinajstić information content (AvgIpc) is 3.00. The van der Waals surface area contributed by atoms with Crippen LogP contribution in [-0.4, -0.2) is 11.0 Å². The summed E-state index contributed by atoms with van der Waals surface area (Å²) in [6, 6.07) is 11.7. The van der Waals surface area contributed by atoms with Gasteiger partial charge in [-0.25, -0.2) is 0 Å². The number of carbonyl (C=O) groups excluding carboxylic acids is 1. The van der Waals surface area contributed by atoms with Gasteiger partial charge in [0.2, 0.25) is 0 Å². The monoisotopic (exact) mass is 243 g/mol. The second-order valence-electron chi connectivity index (χ2n) is 4.30. The third kappa shape index (κ3) is 2.15. The maximum atomic E-state index is 11.5. The van der Waals surface area contributed by atoms with Gasteiger partial charge in [-0.1, -0.05) is 30.3 Å². The van der Waals surface area contributed by atoms with E-state index in [-0.39, 0.29) is 12.0 Å². The lowest BCUT2D eigenvalue weighted by Gasteiger charge is -2.19.